The van der Waals surface area contributed by atoms with Crippen molar-refractivity contribution in [2.24, 2.45) is 10.4 Å². The van der Waals surface area contributed by atoms with Gasteiger partial charge in [0.1, 0.15) is 6.61 Å². The first-order chi connectivity index (χ1) is 22.4. The highest BCUT2D eigenvalue weighted by Crippen LogP contribution is 2.32. The summed E-state index contributed by atoms with van der Waals surface area (Å²) in [4.78, 5) is 38.9. The third-order valence-electron chi connectivity index (χ3n) is 8.38. The van der Waals surface area contributed by atoms with E-state index in [-0.39, 0.29) is 18.6 Å². The Bertz CT molecular complexity index is 1510. The summed E-state index contributed by atoms with van der Waals surface area (Å²) in [5.74, 6) is 1.27. The first kappa shape index (κ1) is 35.4. The second kappa shape index (κ2) is 15.9. The number of carbonyl (C=O) groups is 2. The number of aryl methyl sites for hydroxylation is 2. The molecule has 254 valence electrons. The number of carbonyl (C=O) groups excluding carboxylic acids is 2. The highest BCUT2D eigenvalue weighted by Gasteiger charge is 2.33. The average molecular weight is 646 g/mol. The number of amides is 2. The molecule has 1 atom stereocenters. The minimum atomic E-state index is -0.741. The van der Waals surface area contributed by atoms with Crippen molar-refractivity contribution in [3.05, 3.63) is 65.0 Å². The number of hydrogen-bond acceptors (Lipinski definition) is 7. The fraction of sp³-hybridized carbons (Fsp3) is 0.528. The Morgan fingerprint density at radius 3 is 2.45 bits per heavy atom. The summed E-state index contributed by atoms with van der Waals surface area (Å²) >= 11 is 0. The fourth-order valence-electron chi connectivity index (χ4n) is 5.99. The van der Waals surface area contributed by atoms with Gasteiger partial charge in [-0.05, 0) is 98.1 Å². The number of aliphatic imine (C=N–C) groups is 1. The van der Waals surface area contributed by atoms with Crippen LogP contribution in [0.5, 0.6) is 5.88 Å². The molecule has 1 unspecified atom stereocenters. The Balaban J connectivity index is 1.60. The molecule has 2 aromatic heterocycles. The highest BCUT2D eigenvalue weighted by atomic mass is 16.6. The fourth-order valence-corrected chi connectivity index (χ4v) is 5.99. The first-order valence-corrected chi connectivity index (χ1v) is 16.7. The SMILES string of the molecule is CCN(CC)C(=O)C(C)(C)COc1n[nH]c(-c2cc(C)cc(C)c2)c1CCN=C(NC(=O)OC(C)C)N1CCC(c2ccncc2)C1. The monoisotopic (exact) mass is 645 g/mol. The van der Waals surface area contributed by atoms with Crippen LogP contribution in [0.4, 0.5) is 4.79 Å². The van der Waals surface area contributed by atoms with Crippen LogP contribution >= 0.6 is 0 Å². The number of benzene rings is 1. The number of H-pyrrole nitrogens is 1. The minimum absolute atomic E-state index is 0.0402. The normalized spacial score (nSPS) is 15.2. The molecule has 0 spiro atoms. The zero-order valence-corrected chi connectivity index (χ0v) is 29.2. The Labute approximate surface area is 279 Å². The maximum atomic E-state index is 13.2. The molecule has 1 fully saturated rings. The number of alkyl carbamates (subject to hydrolysis) is 1. The Morgan fingerprint density at radius 1 is 1.13 bits per heavy atom. The lowest BCUT2D eigenvalue weighted by atomic mass is 9.92. The van der Waals surface area contributed by atoms with Crippen molar-refractivity contribution in [1.29, 1.82) is 0 Å². The zero-order valence-electron chi connectivity index (χ0n) is 29.2. The maximum Gasteiger partial charge on any atom is 0.414 e. The minimum Gasteiger partial charge on any atom is -0.475 e. The van der Waals surface area contributed by atoms with Crippen LogP contribution in [0.3, 0.4) is 0 Å². The molecule has 11 heteroatoms. The van der Waals surface area contributed by atoms with E-state index in [0.29, 0.717) is 50.4 Å². The van der Waals surface area contributed by atoms with Crippen molar-refractivity contribution < 1.29 is 19.1 Å². The van der Waals surface area contributed by atoms with Crippen LogP contribution in [0.2, 0.25) is 0 Å². The number of likely N-dealkylation sites (tertiary alicyclic amines) is 1. The lowest BCUT2D eigenvalue weighted by Crippen LogP contribution is -2.44. The molecule has 1 aromatic carbocycles. The zero-order chi connectivity index (χ0) is 34.1. The largest absolute Gasteiger partial charge is 0.475 e. The second-order valence-electron chi connectivity index (χ2n) is 13.2. The quantitative estimate of drug-likeness (QED) is 0.186. The smallest absolute Gasteiger partial charge is 0.414 e. The molecule has 3 heterocycles. The van der Waals surface area contributed by atoms with E-state index in [1.165, 1.54) is 5.56 Å². The van der Waals surface area contributed by atoms with Gasteiger partial charge in [0.05, 0.1) is 17.2 Å². The highest BCUT2D eigenvalue weighted by molar-refractivity contribution is 5.94. The molecular weight excluding hydrogens is 594 g/mol. The number of nitrogens with zero attached hydrogens (tertiary/aromatic N) is 5. The molecule has 1 aliphatic rings. The number of guanidine groups is 1. The number of ether oxygens (including phenoxy) is 2. The summed E-state index contributed by atoms with van der Waals surface area (Å²) in [6.07, 6.45) is 4.25. The third-order valence-corrected chi connectivity index (χ3v) is 8.38. The third kappa shape index (κ3) is 9.33. The number of hydrogen-bond donors (Lipinski definition) is 2. The van der Waals surface area contributed by atoms with Gasteiger partial charge in [-0.2, -0.15) is 0 Å². The van der Waals surface area contributed by atoms with Crippen LogP contribution in [0.25, 0.3) is 11.3 Å². The van der Waals surface area contributed by atoms with E-state index in [1.807, 2.05) is 71.0 Å². The Kier molecular flexibility index (Phi) is 12.0. The summed E-state index contributed by atoms with van der Waals surface area (Å²) in [5.41, 5.74) is 5.47. The summed E-state index contributed by atoms with van der Waals surface area (Å²) in [6, 6.07) is 10.4. The van der Waals surface area contributed by atoms with Gasteiger partial charge >= 0.3 is 6.09 Å². The number of pyridine rings is 1. The van der Waals surface area contributed by atoms with Gasteiger partial charge < -0.3 is 19.3 Å². The molecule has 2 amide bonds. The van der Waals surface area contributed by atoms with Crippen molar-refractivity contribution in [3.8, 4) is 17.1 Å². The van der Waals surface area contributed by atoms with E-state index in [2.05, 4.69) is 57.4 Å². The predicted octanol–water partition coefficient (Wildman–Crippen LogP) is 5.88. The molecule has 1 saturated heterocycles. The lowest BCUT2D eigenvalue weighted by Gasteiger charge is -2.30. The van der Waals surface area contributed by atoms with Crippen molar-refractivity contribution in [1.82, 2.24) is 30.3 Å². The Hall–Kier alpha value is -4.41. The molecule has 0 radical (unpaired) electrons. The Morgan fingerprint density at radius 2 is 1.81 bits per heavy atom. The predicted molar refractivity (Wildman–Crippen MR) is 185 cm³/mol. The van der Waals surface area contributed by atoms with E-state index < -0.39 is 11.5 Å². The maximum absolute atomic E-state index is 13.2. The van der Waals surface area contributed by atoms with Gasteiger partial charge in [-0.25, -0.2) is 4.79 Å². The molecule has 0 bridgehead atoms. The topological polar surface area (TPSA) is 125 Å². The van der Waals surface area contributed by atoms with E-state index >= 15 is 0 Å². The molecule has 11 nitrogen and oxygen atoms in total. The van der Waals surface area contributed by atoms with E-state index in [9.17, 15) is 9.59 Å². The van der Waals surface area contributed by atoms with Gasteiger partial charge in [-0.3, -0.25) is 25.2 Å². The van der Waals surface area contributed by atoms with Gasteiger partial charge in [-0.15, -0.1) is 5.10 Å². The second-order valence-corrected chi connectivity index (χ2v) is 13.2. The molecular formula is C36H51N7O4. The summed E-state index contributed by atoms with van der Waals surface area (Å²) in [7, 11) is 0. The van der Waals surface area contributed by atoms with Gasteiger partial charge in [0.15, 0.2) is 0 Å². The molecule has 4 rings (SSSR count). The number of aromatic nitrogens is 3. The van der Waals surface area contributed by atoms with Crippen LogP contribution in [0, 0.1) is 19.3 Å². The molecule has 0 saturated carbocycles. The summed E-state index contributed by atoms with van der Waals surface area (Å²) in [5, 5.41) is 10.7. The summed E-state index contributed by atoms with van der Waals surface area (Å²) in [6.45, 7) is 18.8. The van der Waals surface area contributed by atoms with Crippen LogP contribution in [-0.4, -0.2) is 88.4 Å². The van der Waals surface area contributed by atoms with Crippen LogP contribution in [-0.2, 0) is 16.0 Å². The van der Waals surface area contributed by atoms with Crippen molar-refractivity contribution in [2.75, 3.05) is 39.3 Å². The van der Waals surface area contributed by atoms with Crippen molar-refractivity contribution in [3.63, 3.8) is 0 Å². The molecule has 3 aromatic rings. The van der Waals surface area contributed by atoms with Crippen LogP contribution in [0.1, 0.15) is 76.1 Å². The number of rotatable bonds is 12. The van der Waals surface area contributed by atoms with Crippen molar-refractivity contribution in [2.45, 2.75) is 80.3 Å². The van der Waals surface area contributed by atoms with E-state index in [1.54, 1.807) is 0 Å². The average Bonchev–Trinajstić information content (AvgIpc) is 3.68. The van der Waals surface area contributed by atoms with Crippen LogP contribution < -0.4 is 10.1 Å². The van der Waals surface area contributed by atoms with Gasteiger partial charge in [0.25, 0.3) is 0 Å². The molecule has 2 N–H and O–H groups in total. The lowest BCUT2D eigenvalue weighted by molar-refractivity contribution is -0.141. The summed E-state index contributed by atoms with van der Waals surface area (Å²) < 4.78 is 11.7. The van der Waals surface area contributed by atoms with Crippen molar-refractivity contribution >= 4 is 18.0 Å². The van der Waals surface area contributed by atoms with Gasteiger partial charge in [0, 0.05) is 62.2 Å². The van der Waals surface area contributed by atoms with Gasteiger partial charge in [-0.1, -0.05) is 17.2 Å². The van der Waals surface area contributed by atoms with E-state index in [0.717, 1.165) is 40.9 Å². The number of aromatic amines is 1. The van der Waals surface area contributed by atoms with E-state index in [4.69, 9.17) is 14.5 Å². The molecule has 1 aliphatic heterocycles. The standard InChI is InChI=1S/C36H51N7O4/c1-9-42(10-2)33(44)36(7,8)23-46-32-30(31(40-41-32)29-20-25(5)19-26(6)21-29)13-17-38-34(39-35(45)47-24(3)4)43-18-14-28(22-43)27-11-15-37-16-12-27/h11-12,15-16,19-21,24,28H,9-10,13-14,17-18,22-23H2,1-8H3,(H,40,41)(H,38,39,45). The number of nitrogens with one attached hydrogen (secondary N) is 2. The molecule has 47 heavy (non-hydrogen) atoms. The van der Waals surface area contributed by atoms with Crippen LogP contribution in [0.15, 0.2) is 47.7 Å². The molecule has 0 aliphatic carbocycles. The van der Waals surface area contributed by atoms with Gasteiger partial charge in [0.2, 0.25) is 17.7 Å². The first-order valence-electron chi connectivity index (χ1n) is 16.7.